The molecule has 20 heavy (non-hydrogen) atoms. The number of benzene rings is 1. The van der Waals surface area contributed by atoms with Crippen molar-refractivity contribution in [3.05, 3.63) is 24.3 Å². The minimum Gasteiger partial charge on any atom is -0.0656 e. The molecule has 0 aliphatic heterocycles. The summed E-state index contributed by atoms with van der Waals surface area (Å²) in [6.45, 7) is 9.37. The second-order valence-corrected chi connectivity index (χ2v) is 12.6. The third kappa shape index (κ3) is 5.57. The standard InChI is InChI=1S/C18H34Si2/c1-5-13-19(14-6-2)17-9-11-18(12-10-17)20(15-7-3)16-8-4/h9-12,19-20H,5-8,13-16H2,1-4H3. The fourth-order valence-electron chi connectivity index (χ4n) is 3.39. The molecule has 0 heterocycles. The van der Waals surface area contributed by atoms with Gasteiger partial charge in [-0.3, -0.25) is 0 Å². The molecule has 0 atom stereocenters. The fourth-order valence-corrected chi connectivity index (χ4v) is 9.56. The van der Waals surface area contributed by atoms with Gasteiger partial charge in [-0.2, -0.15) is 0 Å². The van der Waals surface area contributed by atoms with E-state index in [2.05, 4.69) is 52.0 Å². The first kappa shape index (κ1) is 17.7. The monoisotopic (exact) mass is 306 g/mol. The van der Waals surface area contributed by atoms with Crippen LogP contribution in [-0.2, 0) is 0 Å². The van der Waals surface area contributed by atoms with E-state index in [0.717, 1.165) is 0 Å². The van der Waals surface area contributed by atoms with Crippen LogP contribution in [0.5, 0.6) is 0 Å². The second-order valence-electron chi connectivity index (χ2n) is 6.22. The molecule has 0 fully saturated rings. The highest BCUT2D eigenvalue weighted by Crippen LogP contribution is 2.09. The van der Waals surface area contributed by atoms with Gasteiger partial charge in [0.25, 0.3) is 0 Å². The van der Waals surface area contributed by atoms with E-state index in [1.54, 1.807) is 10.4 Å². The van der Waals surface area contributed by atoms with Crippen molar-refractivity contribution in [3.8, 4) is 0 Å². The zero-order chi connectivity index (χ0) is 14.8. The summed E-state index contributed by atoms with van der Waals surface area (Å²) in [7, 11) is -1.32. The molecule has 1 aromatic rings. The maximum Gasteiger partial charge on any atom is 0.0708 e. The van der Waals surface area contributed by atoms with Crippen LogP contribution in [-0.4, -0.2) is 17.6 Å². The van der Waals surface area contributed by atoms with E-state index in [1.807, 2.05) is 0 Å². The Kier molecular flexibility index (Phi) is 9.20. The van der Waals surface area contributed by atoms with Gasteiger partial charge in [-0.1, -0.05) is 112 Å². The lowest BCUT2D eigenvalue weighted by atomic mass is 10.4. The maximum atomic E-state index is 2.50. The van der Waals surface area contributed by atoms with E-state index in [9.17, 15) is 0 Å². The van der Waals surface area contributed by atoms with Crippen LogP contribution in [0.1, 0.15) is 53.4 Å². The molecular weight excluding hydrogens is 272 g/mol. The molecule has 0 unspecified atom stereocenters. The van der Waals surface area contributed by atoms with Gasteiger partial charge in [0.15, 0.2) is 0 Å². The Labute approximate surface area is 130 Å². The zero-order valence-corrected chi connectivity index (χ0v) is 16.4. The molecule has 0 bridgehead atoms. The fraction of sp³-hybridized carbons (Fsp3) is 0.667. The first-order valence-electron chi connectivity index (χ1n) is 8.86. The minimum atomic E-state index is -0.661. The maximum absolute atomic E-state index is 2.50. The van der Waals surface area contributed by atoms with Gasteiger partial charge >= 0.3 is 0 Å². The predicted molar refractivity (Wildman–Crippen MR) is 100 cm³/mol. The van der Waals surface area contributed by atoms with Crippen molar-refractivity contribution in [2.45, 2.75) is 77.6 Å². The van der Waals surface area contributed by atoms with Crippen LogP contribution >= 0.6 is 0 Å². The summed E-state index contributed by atoms with van der Waals surface area (Å²) in [6.07, 6.45) is 5.45. The number of hydrogen-bond acceptors (Lipinski definition) is 0. The van der Waals surface area contributed by atoms with Crippen LogP contribution in [0.25, 0.3) is 0 Å². The summed E-state index contributed by atoms with van der Waals surface area (Å²) in [5.74, 6) is 0. The second kappa shape index (κ2) is 10.4. The van der Waals surface area contributed by atoms with E-state index in [1.165, 1.54) is 49.9 Å². The minimum absolute atomic E-state index is 0.661. The summed E-state index contributed by atoms with van der Waals surface area (Å²) in [4.78, 5) is 0. The van der Waals surface area contributed by atoms with Crippen LogP contribution < -0.4 is 10.4 Å². The molecule has 0 saturated carbocycles. The lowest BCUT2D eigenvalue weighted by Gasteiger charge is -2.17. The summed E-state index contributed by atoms with van der Waals surface area (Å²) < 4.78 is 0. The van der Waals surface area contributed by atoms with Gasteiger partial charge in [0.2, 0.25) is 0 Å². The van der Waals surface area contributed by atoms with Crippen LogP contribution in [0.3, 0.4) is 0 Å². The average molecular weight is 307 g/mol. The molecule has 0 nitrogen and oxygen atoms in total. The normalized spacial score (nSPS) is 11.5. The molecule has 2 heteroatoms. The summed E-state index contributed by atoms with van der Waals surface area (Å²) in [6, 6.07) is 15.9. The van der Waals surface area contributed by atoms with E-state index in [-0.39, 0.29) is 0 Å². The first-order chi connectivity index (χ1) is 9.76. The van der Waals surface area contributed by atoms with E-state index >= 15 is 0 Å². The Bertz CT molecular complexity index is 298. The van der Waals surface area contributed by atoms with Crippen molar-refractivity contribution < 1.29 is 0 Å². The first-order valence-corrected chi connectivity index (χ1v) is 13.3. The van der Waals surface area contributed by atoms with Crippen molar-refractivity contribution in [1.29, 1.82) is 0 Å². The lowest BCUT2D eigenvalue weighted by molar-refractivity contribution is 1.01. The van der Waals surface area contributed by atoms with Crippen LogP contribution in [0.15, 0.2) is 24.3 Å². The third-order valence-corrected chi connectivity index (χ3v) is 12.2. The largest absolute Gasteiger partial charge is 0.0708 e. The SMILES string of the molecule is CCC[SiH](CCC)c1ccc([SiH](CCC)CCC)cc1. The van der Waals surface area contributed by atoms with Gasteiger partial charge in [0, 0.05) is 0 Å². The smallest absolute Gasteiger partial charge is 0.0656 e. The zero-order valence-electron chi connectivity index (χ0n) is 14.1. The molecule has 1 rings (SSSR count). The topological polar surface area (TPSA) is 0 Å². The predicted octanol–water partition coefficient (Wildman–Crippen LogP) is 4.19. The molecular formula is C18H34Si2. The molecule has 0 N–H and O–H groups in total. The molecule has 0 aliphatic carbocycles. The Balaban J connectivity index is 2.79. The quantitative estimate of drug-likeness (QED) is 0.569. The van der Waals surface area contributed by atoms with Crippen molar-refractivity contribution >= 4 is 28.0 Å². The molecule has 0 saturated heterocycles. The molecule has 0 radical (unpaired) electrons. The molecule has 0 amide bonds. The number of rotatable bonds is 10. The average Bonchev–Trinajstić information content (AvgIpc) is 2.47. The highest BCUT2D eigenvalue weighted by molar-refractivity contribution is 6.75. The molecule has 0 spiro atoms. The van der Waals surface area contributed by atoms with E-state index in [4.69, 9.17) is 0 Å². The van der Waals surface area contributed by atoms with Gasteiger partial charge in [0.05, 0.1) is 17.6 Å². The Morgan fingerprint density at radius 1 is 0.550 bits per heavy atom. The van der Waals surface area contributed by atoms with Crippen molar-refractivity contribution in [1.82, 2.24) is 0 Å². The molecule has 0 aromatic heterocycles. The summed E-state index contributed by atoms with van der Waals surface area (Å²) in [5.41, 5.74) is 0. The molecule has 114 valence electrons. The van der Waals surface area contributed by atoms with E-state index in [0.29, 0.717) is 0 Å². The van der Waals surface area contributed by atoms with Crippen LogP contribution in [0, 0.1) is 0 Å². The van der Waals surface area contributed by atoms with Gasteiger partial charge < -0.3 is 0 Å². The summed E-state index contributed by atoms with van der Waals surface area (Å²) >= 11 is 0. The Morgan fingerprint density at radius 3 is 1.00 bits per heavy atom. The van der Waals surface area contributed by atoms with Crippen LogP contribution in [0.4, 0.5) is 0 Å². The van der Waals surface area contributed by atoms with Gasteiger partial charge in [-0.15, -0.1) is 0 Å². The van der Waals surface area contributed by atoms with Gasteiger partial charge in [0.1, 0.15) is 0 Å². The number of hydrogen-bond donors (Lipinski definition) is 0. The van der Waals surface area contributed by atoms with E-state index < -0.39 is 17.6 Å². The van der Waals surface area contributed by atoms with Gasteiger partial charge in [-0.05, 0) is 0 Å². The Hall–Kier alpha value is -0.346. The summed E-state index contributed by atoms with van der Waals surface area (Å²) in [5, 5.41) is 3.44. The van der Waals surface area contributed by atoms with Crippen molar-refractivity contribution in [2.24, 2.45) is 0 Å². The highest BCUT2D eigenvalue weighted by atomic mass is 28.3. The lowest BCUT2D eigenvalue weighted by Crippen LogP contribution is -2.34. The molecule has 0 aliphatic rings. The highest BCUT2D eigenvalue weighted by Gasteiger charge is 2.14. The van der Waals surface area contributed by atoms with Crippen molar-refractivity contribution in [3.63, 3.8) is 0 Å². The van der Waals surface area contributed by atoms with Crippen molar-refractivity contribution in [2.75, 3.05) is 0 Å². The van der Waals surface area contributed by atoms with Crippen LogP contribution in [0.2, 0.25) is 24.2 Å². The molecule has 1 aromatic carbocycles. The third-order valence-electron chi connectivity index (χ3n) is 4.43. The van der Waals surface area contributed by atoms with Gasteiger partial charge in [-0.25, -0.2) is 0 Å². The Morgan fingerprint density at radius 2 is 0.800 bits per heavy atom.